The van der Waals surface area contributed by atoms with Crippen LogP contribution in [0.5, 0.6) is 0 Å². The van der Waals surface area contributed by atoms with Crippen molar-refractivity contribution in [2.45, 2.75) is 17.8 Å². The van der Waals surface area contributed by atoms with Gasteiger partial charge >= 0.3 is 0 Å². The second-order valence-corrected chi connectivity index (χ2v) is 7.33. The number of nitrogens with zero attached hydrogens (tertiary/aromatic N) is 4. The Bertz CT molecular complexity index is 924. The minimum Gasteiger partial charge on any atom is -0.192 e. The van der Waals surface area contributed by atoms with Crippen molar-refractivity contribution >= 4 is 52.8 Å². The largest absolute Gasteiger partial charge is 0.212 e. The lowest BCUT2D eigenvalue weighted by Crippen LogP contribution is -1.97. The monoisotopic (exact) mass is 410 g/mol. The smallest absolute Gasteiger partial charge is 0.192 e. The molecule has 0 radical (unpaired) electrons. The van der Waals surface area contributed by atoms with Gasteiger partial charge in [-0.25, -0.2) is 0 Å². The molecule has 0 aliphatic rings. The Balaban J connectivity index is 1.79. The normalized spacial score (nSPS) is 11.4. The number of hydrogen-bond acceptors (Lipinski definition) is 4. The van der Waals surface area contributed by atoms with E-state index in [-0.39, 0.29) is 0 Å². The number of halogens is 3. The maximum absolute atomic E-state index is 6.21. The molecular formula is C17H13Cl3N4S. The third-order valence-corrected chi connectivity index (χ3v) is 5.26. The molecule has 25 heavy (non-hydrogen) atoms. The summed E-state index contributed by atoms with van der Waals surface area (Å²) in [5.74, 6) is 1.32. The lowest BCUT2D eigenvalue weighted by molar-refractivity contribution is 0.744. The summed E-state index contributed by atoms with van der Waals surface area (Å²) >= 11 is 19.8. The van der Waals surface area contributed by atoms with E-state index < -0.39 is 0 Å². The van der Waals surface area contributed by atoms with E-state index in [1.165, 1.54) is 11.8 Å². The van der Waals surface area contributed by atoms with Crippen molar-refractivity contribution in [3.8, 4) is 0 Å². The van der Waals surface area contributed by atoms with E-state index in [0.717, 1.165) is 11.1 Å². The fourth-order valence-electron chi connectivity index (χ4n) is 2.04. The maximum Gasteiger partial charge on any atom is 0.212 e. The Morgan fingerprint density at radius 3 is 2.64 bits per heavy atom. The fourth-order valence-corrected chi connectivity index (χ4v) is 3.72. The van der Waals surface area contributed by atoms with E-state index >= 15 is 0 Å². The number of hydrogen-bond donors (Lipinski definition) is 0. The highest BCUT2D eigenvalue weighted by Crippen LogP contribution is 2.28. The molecule has 8 heteroatoms. The van der Waals surface area contributed by atoms with E-state index in [2.05, 4.69) is 15.3 Å². The molecule has 3 aromatic rings. The van der Waals surface area contributed by atoms with Crippen molar-refractivity contribution < 1.29 is 0 Å². The number of rotatable bonds is 5. The molecule has 3 rings (SSSR count). The predicted octanol–water partition coefficient (Wildman–Crippen LogP) is 5.72. The van der Waals surface area contributed by atoms with E-state index in [1.807, 2.05) is 43.3 Å². The van der Waals surface area contributed by atoms with Crippen LogP contribution < -0.4 is 0 Å². The van der Waals surface area contributed by atoms with Crippen molar-refractivity contribution in [1.29, 1.82) is 0 Å². The second-order valence-electron chi connectivity index (χ2n) is 5.13. The Labute approximate surface area is 164 Å². The van der Waals surface area contributed by atoms with Gasteiger partial charge in [-0.3, -0.25) is 0 Å². The van der Waals surface area contributed by atoms with E-state index in [9.17, 15) is 0 Å². The molecule has 2 aromatic carbocycles. The lowest BCUT2D eigenvalue weighted by Gasteiger charge is -2.05. The van der Waals surface area contributed by atoms with Gasteiger partial charge in [-0.05, 0) is 30.7 Å². The highest BCUT2D eigenvalue weighted by molar-refractivity contribution is 7.98. The summed E-state index contributed by atoms with van der Waals surface area (Å²) in [5, 5.41) is 15.3. The molecule has 0 bridgehead atoms. The minimum atomic E-state index is 0.613. The second kappa shape index (κ2) is 8.23. The molecule has 0 unspecified atom stereocenters. The van der Waals surface area contributed by atoms with Crippen molar-refractivity contribution in [1.82, 2.24) is 14.9 Å². The van der Waals surface area contributed by atoms with Crippen LogP contribution in [0.1, 0.15) is 17.0 Å². The summed E-state index contributed by atoms with van der Waals surface area (Å²) in [7, 11) is 0. The van der Waals surface area contributed by atoms with Gasteiger partial charge in [0.15, 0.2) is 5.82 Å². The zero-order chi connectivity index (χ0) is 17.8. The van der Waals surface area contributed by atoms with Crippen LogP contribution in [0.2, 0.25) is 15.1 Å². The summed E-state index contributed by atoms with van der Waals surface area (Å²) in [6.07, 6.45) is 1.69. The van der Waals surface area contributed by atoms with Gasteiger partial charge in [0.2, 0.25) is 5.16 Å². The molecule has 1 heterocycles. The summed E-state index contributed by atoms with van der Waals surface area (Å²) < 4.78 is 1.68. The van der Waals surface area contributed by atoms with Crippen LogP contribution in [0.25, 0.3) is 0 Å². The minimum absolute atomic E-state index is 0.613. The third-order valence-electron chi connectivity index (χ3n) is 3.36. The first-order valence-electron chi connectivity index (χ1n) is 7.32. The van der Waals surface area contributed by atoms with Crippen LogP contribution in [-0.4, -0.2) is 21.1 Å². The van der Waals surface area contributed by atoms with Crippen molar-refractivity contribution in [2.24, 2.45) is 5.10 Å². The first-order chi connectivity index (χ1) is 12.0. The van der Waals surface area contributed by atoms with Crippen LogP contribution >= 0.6 is 46.6 Å². The SMILES string of the molecule is Cc1nnc(SCc2ccc(Cl)cc2Cl)n1/N=C\c1ccccc1Cl. The Hall–Kier alpha value is -1.53. The van der Waals surface area contributed by atoms with Crippen LogP contribution in [-0.2, 0) is 5.75 Å². The van der Waals surface area contributed by atoms with Gasteiger partial charge in [0.1, 0.15) is 0 Å². The average Bonchev–Trinajstić information content (AvgIpc) is 2.93. The number of benzene rings is 2. The molecule has 4 nitrogen and oxygen atoms in total. The topological polar surface area (TPSA) is 43.1 Å². The zero-order valence-corrected chi connectivity index (χ0v) is 16.2. The van der Waals surface area contributed by atoms with Gasteiger partial charge < -0.3 is 0 Å². The summed E-state index contributed by atoms with van der Waals surface area (Å²) in [6, 6.07) is 12.9. The Morgan fingerprint density at radius 1 is 1.08 bits per heavy atom. The molecule has 0 saturated heterocycles. The number of aryl methyl sites for hydroxylation is 1. The molecule has 1 aromatic heterocycles. The molecule has 128 valence electrons. The molecule has 0 aliphatic carbocycles. The highest BCUT2D eigenvalue weighted by Gasteiger charge is 2.10. The summed E-state index contributed by atoms with van der Waals surface area (Å²) in [4.78, 5) is 0. The van der Waals surface area contributed by atoms with Crippen molar-refractivity contribution in [2.75, 3.05) is 0 Å². The van der Waals surface area contributed by atoms with Crippen LogP contribution in [0.3, 0.4) is 0 Å². The fraction of sp³-hybridized carbons (Fsp3) is 0.118. The highest BCUT2D eigenvalue weighted by atomic mass is 35.5. The van der Waals surface area contributed by atoms with E-state index in [4.69, 9.17) is 34.8 Å². The van der Waals surface area contributed by atoms with Gasteiger partial charge in [-0.15, -0.1) is 10.2 Å². The van der Waals surface area contributed by atoms with Crippen LogP contribution in [0.15, 0.2) is 52.7 Å². The first-order valence-corrected chi connectivity index (χ1v) is 9.44. The van der Waals surface area contributed by atoms with E-state index in [1.54, 1.807) is 17.0 Å². The number of aromatic nitrogens is 3. The molecule has 0 amide bonds. The summed E-state index contributed by atoms with van der Waals surface area (Å²) in [6.45, 7) is 1.84. The molecule has 0 aliphatic heterocycles. The lowest BCUT2D eigenvalue weighted by atomic mass is 10.2. The maximum atomic E-state index is 6.21. The molecular weight excluding hydrogens is 399 g/mol. The van der Waals surface area contributed by atoms with Gasteiger partial charge in [0.05, 0.1) is 6.21 Å². The molecule has 0 fully saturated rings. The van der Waals surface area contributed by atoms with E-state index in [0.29, 0.717) is 31.8 Å². The quantitative estimate of drug-likeness (QED) is 0.398. The third kappa shape index (κ3) is 4.55. The molecule has 0 N–H and O–H groups in total. The first kappa shape index (κ1) is 18.3. The zero-order valence-electron chi connectivity index (χ0n) is 13.2. The van der Waals surface area contributed by atoms with Crippen molar-refractivity contribution in [3.05, 3.63) is 74.5 Å². The average molecular weight is 412 g/mol. The molecule has 0 atom stereocenters. The summed E-state index contributed by atoms with van der Waals surface area (Å²) in [5.41, 5.74) is 1.80. The van der Waals surface area contributed by atoms with Gasteiger partial charge in [0.25, 0.3) is 0 Å². The Kier molecular flexibility index (Phi) is 6.02. The predicted molar refractivity (Wildman–Crippen MR) is 105 cm³/mol. The standard InChI is InChI=1S/C17H13Cl3N4S/c1-11-22-23-17(25-10-13-6-7-14(18)8-16(13)20)24(11)21-9-12-4-2-3-5-15(12)19/h2-9H,10H2,1H3/b21-9-. The van der Waals surface area contributed by atoms with Crippen LogP contribution in [0.4, 0.5) is 0 Å². The number of thioether (sulfide) groups is 1. The van der Waals surface area contributed by atoms with Gasteiger partial charge in [-0.1, -0.05) is 70.8 Å². The molecule has 0 spiro atoms. The van der Waals surface area contributed by atoms with Gasteiger partial charge in [0, 0.05) is 26.4 Å². The van der Waals surface area contributed by atoms with Crippen LogP contribution in [0, 0.1) is 6.92 Å². The van der Waals surface area contributed by atoms with Gasteiger partial charge in [-0.2, -0.15) is 9.78 Å². The Morgan fingerprint density at radius 2 is 1.88 bits per heavy atom. The van der Waals surface area contributed by atoms with Crippen molar-refractivity contribution in [3.63, 3.8) is 0 Å². The molecule has 0 saturated carbocycles.